The molecule has 5 heteroatoms. The highest BCUT2D eigenvalue weighted by atomic mass is 32.2. The van der Waals surface area contributed by atoms with E-state index < -0.39 is 0 Å². The Balaban J connectivity index is 1.65. The van der Waals surface area contributed by atoms with Crippen LogP contribution in [-0.2, 0) is 4.79 Å². The molecule has 92 valence electrons. The van der Waals surface area contributed by atoms with Gasteiger partial charge in [-0.1, -0.05) is 0 Å². The average Bonchev–Trinajstić information content (AvgIpc) is 2.38. The first-order valence-electron chi connectivity index (χ1n) is 6.04. The number of piperidine rings is 1. The topological polar surface area (TPSA) is 41.1 Å². The average molecular weight is 260 g/mol. The minimum atomic E-state index is 0.204. The van der Waals surface area contributed by atoms with Crippen LogP contribution in [-0.4, -0.2) is 48.0 Å². The number of rotatable bonds is 3. The molecule has 2 rings (SSSR count). The molecule has 0 saturated carbocycles. The van der Waals surface area contributed by atoms with Crippen LogP contribution in [0, 0.1) is 5.92 Å². The van der Waals surface area contributed by atoms with Gasteiger partial charge in [0.2, 0.25) is 5.91 Å². The van der Waals surface area contributed by atoms with Crippen LogP contribution in [0.5, 0.6) is 0 Å². The lowest BCUT2D eigenvalue weighted by Crippen LogP contribution is -2.43. The van der Waals surface area contributed by atoms with Crippen molar-refractivity contribution in [3.63, 3.8) is 0 Å². The van der Waals surface area contributed by atoms with Gasteiger partial charge in [-0.3, -0.25) is 4.79 Å². The van der Waals surface area contributed by atoms with E-state index in [1.54, 1.807) is 0 Å². The van der Waals surface area contributed by atoms with Crippen molar-refractivity contribution in [2.45, 2.75) is 18.1 Å². The van der Waals surface area contributed by atoms with E-state index in [2.05, 4.69) is 10.6 Å². The van der Waals surface area contributed by atoms with Crippen LogP contribution in [0.4, 0.5) is 0 Å². The van der Waals surface area contributed by atoms with Crippen LogP contribution in [0.1, 0.15) is 12.8 Å². The zero-order valence-corrected chi connectivity index (χ0v) is 11.2. The van der Waals surface area contributed by atoms with E-state index in [1.165, 1.54) is 17.3 Å². The zero-order chi connectivity index (χ0) is 11.2. The van der Waals surface area contributed by atoms with E-state index in [-0.39, 0.29) is 11.8 Å². The molecule has 0 aliphatic carbocycles. The van der Waals surface area contributed by atoms with Gasteiger partial charge in [0.25, 0.3) is 0 Å². The molecule has 0 radical (unpaired) electrons. The van der Waals surface area contributed by atoms with Gasteiger partial charge in [-0.05, 0) is 19.4 Å². The summed E-state index contributed by atoms with van der Waals surface area (Å²) >= 11 is 4.01. The van der Waals surface area contributed by atoms with Crippen LogP contribution in [0.15, 0.2) is 0 Å². The highest BCUT2D eigenvalue weighted by molar-refractivity contribution is 8.06. The zero-order valence-electron chi connectivity index (χ0n) is 9.54. The highest BCUT2D eigenvalue weighted by Crippen LogP contribution is 2.23. The number of hydrogen-bond donors (Lipinski definition) is 2. The van der Waals surface area contributed by atoms with Crippen molar-refractivity contribution in [2.24, 2.45) is 5.92 Å². The maximum Gasteiger partial charge on any atom is 0.224 e. The van der Waals surface area contributed by atoms with E-state index in [4.69, 9.17) is 0 Å². The molecule has 0 aromatic carbocycles. The van der Waals surface area contributed by atoms with Gasteiger partial charge in [0.05, 0.1) is 5.92 Å². The van der Waals surface area contributed by atoms with E-state index in [0.717, 1.165) is 32.5 Å². The van der Waals surface area contributed by atoms with Crippen molar-refractivity contribution < 1.29 is 4.79 Å². The highest BCUT2D eigenvalue weighted by Gasteiger charge is 2.22. The third-order valence-corrected chi connectivity index (χ3v) is 5.90. The summed E-state index contributed by atoms with van der Waals surface area (Å²) in [6, 6.07) is 0. The number of hydrogen-bond acceptors (Lipinski definition) is 4. The second kappa shape index (κ2) is 6.77. The number of nitrogens with one attached hydrogen (secondary N) is 2. The molecule has 2 aliphatic rings. The summed E-state index contributed by atoms with van der Waals surface area (Å²) in [6.45, 7) is 2.78. The lowest BCUT2D eigenvalue weighted by Gasteiger charge is -2.25. The summed E-state index contributed by atoms with van der Waals surface area (Å²) < 4.78 is 0. The molecule has 2 heterocycles. The molecule has 16 heavy (non-hydrogen) atoms. The fraction of sp³-hybridized carbons (Fsp3) is 0.909. The lowest BCUT2D eigenvalue weighted by atomic mass is 9.99. The SMILES string of the molecule is O=C(NCC1CSCCS1)C1CCCNC1. The van der Waals surface area contributed by atoms with Gasteiger partial charge < -0.3 is 10.6 Å². The molecule has 0 spiro atoms. The first-order chi connectivity index (χ1) is 7.86. The van der Waals surface area contributed by atoms with Crippen molar-refractivity contribution >= 4 is 29.4 Å². The molecule has 3 nitrogen and oxygen atoms in total. The Labute approximate surface area is 106 Å². The first kappa shape index (κ1) is 12.6. The fourth-order valence-corrected chi connectivity index (χ4v) is 4.70. The minimum Gasteiger partial charge on any atom is -0.355 e. The first-order valence-corrected chi connectivity index (χ1v) is 8.24. The molecule has 2 unspecified atom stereocenters. The molecular weight excluding hydrogens is 240 g/mol. The number of thioether (sulfide) groups is 2. The second-order valence-corrected chi connectivity index (χ2v) is 6.91. The molecule has 2 saturated heterocycles. The standard InChI is InChI=1S/C11H20N2OS2/c14-11(9-2-1-3-12-6-9)13-7-10-8-15-4-5-16-10/h9-10,12H,1-8H2,(H,13,14). The van der Waals surface area contributed by atoms with Crippen molar-refractivity contribution in [2.75, 3.05) is 36.9 Å². The maximum absolute atomic E-state index is 11.9. The van der Waals surface area contributed by atoms with Crippen molar-refractivity contribution in [3.8, 4) is 0 Å². The number of carbonyl (C=O) groups excluding carboxylic acids is 1. The Kier molecular flexibility index (Phi) is 5.32. The number of amides is 1. The summed E-state index contributed by atoms with van der Waals surface area (Å²) in [7, 11) is 0. The van der Waals surface area contributed by atoms with Crippen molar-refractivity contribution in [3.05, 3.63) is 0 Å². The minimum absolute atomic E-state index is 0.204. The van der Waals surface area contributed by atoms with Crippen LogP contribution >= 0.6 is 23.5 Å². The van der Waals surface area contributed by atoms with Gasteiger partial charge in [0, 0.05) is 35.6 Å². The molecule has 0 aromatic heterocycles. The van der Waals surface area contributed by atoms with Crippen LogP contribution in [0.3, 0.4) is 0 Å². The van der Waals surface area contributed by atoms with Crippen LogP contribution < -0.4 is 10.6 Å². The molecule has 2 aliphatic heterocycles. The molecular formula is C11H20N2OS2. The van der Waals surface area contributed by atoms with Crippen LogP contribution in [0.2, 0.25) is 0 Å². The third-order valence-electron chi connectivity index (χ3n) is 3.06. The lowest BCUT2D eigenvalue weighted by molar-refractivity contribution is -0.125. The number of carbonyl (C=O) groups is 1. The van der Waals surface area contributed by atoms with Gasteiger partial charge >= 0.3 is 0 Å². The van der Waals surface area contributed by atoms with E-state index >= 15 is 0 Å². The van der Waals surface area contributed by atoms with E-state index in [9.17, 15) is 4.79 Å². The van der Waals surface area contributed by atoms with Crippen molar-refractivity contribution in [1.29, 1.82) is 0 Å². The molecule has 2 atom stereocenters. The molecule has 0 aromatic rings. The summed E-state index contributed by atoms with van der Waals surface area (Å²) in [5, 5.41) is 7.02. The Morgan fingerprint density at radius 1 is 1.44 bits per heavy atom. The maximum atomic E-state index is 11.9. The Hall–Kier alpha value is 0.130. The Bertz CT molecular complexity index is 226. The second-order valence-electron chi connectivity index (χ2n) is 4.36. The fourth-order valence-electron chi connectivity index (χ4n) is 2.09. The molecule has 2 fully saturated rings. The quantitative estimate of drug-likeness (QED) is 0.793. The van der Waals surface area contributed by atoms with Crippen molar-refractivity contribution in [1.82, 2.24) is 10.6 Å². The molecule has 2 N–H and O–H groups in total. The largest absolute Gasteiger partial charge is 0.355 e. The summed E-state index contributed by atoms with van der Waals surface area (Å²) in [5.74, 6) is 4.14. The third kappa shape index (κ3) is 3.86. The monoisotopic (exact) mass is 260 g/mol. The molecule has 1 amide bonds. The van der Waals surface area contributed by atoms with Gasteiger partial charge in [-0.2, -0.15) is 23.5 Å². The molecule has 0 bridgehead atoms. The smallest absolute Gasteiger partial charge is 0.224 e. The summed E-state index contributed by atoms with van der Waals surface area (Å²) in [5.41, 5.74) is 0. The van der Waals surface area contributed by atoms with E-state index in [1.807, 2.05) is 23.5 Å². The van der Waals surface area contributed by atoms with Gasteiger partial charge in [-0.15, -0.1) is 0 Å². The Morgan fingerprint density at radius 3 is 3.06 bits per heavy atom. The van der Waals surface area contributed by atoms with Crippen LogP contribution in [0.25, 0.3) is 0 Å². The van der Waals surface area contributed by atoms with E-state index in [0.29, 0.717) is 5.25 Å². The Morgan fingerprint density at radius 2 is 2.38 bits per heavy atom. The van der Waals surface area contributed by atoms with Gasteiger partial charge in [0.1, 0.15) is 0 Å². The predicted octanol–water partition coefficient (Wildman–Crippen LogP) is 0.951. The summed E-state index contributed by atoms with van der Waals surface area (Å²) in [6.07, 6.45) is 2.18. The predicted molar refractivity (Wildman–Crippen MR) is 72.2 cm³/mol. The van der Waals surface area contributed by atoms with Gasteiger partial charge in [0.15, 0.2) is 0 Å². The normalized spacial score (nSPS) is 31.0. The summed E-state index contributed by atoms with van der Waals surface area (Å²) in [4.78, 5) is 11.9. The van der Waals surface area contributed by atoms with Gasteiger partial charge in [-0.25, -0.2) is 0 Å².